The van der Waals surface area contributed by atoms with Gasteiger partial charge in [-0.2, -0.15) is 13.2 Å². The number of rotatable bonds is 2. The van der Waals surface area contributed by atoms with Crippen LogP contribution in [0.25, 0.3) is 11.3 Å². The van der Waals surface area contributed by atoms with Crippen LogP contribution >= 0.6 is 15.9 Å². The maximum Gasteiger partial charge on any atom is 0.417 e. The van der Waals surface area contributed by atoms with Crippen LogP contribution in [0.4, 0.5) is 19.0 Å². The number of halogens is 4. The first-order chi connectivity index (χ1) is 8.84. The smallest absolute Gasteiger partial charge is 0.381 e. The first kappa shape index (κ1) is 13.9. The van der Waals surface area contributed by atoms with Gasteiger partial charge in [-0.15, -0.1) is 0 Å². The fourth-order valence-corrected chi connectivity index (χ4v) is 2.18. The number of alkyl halides is 3. The number of nitrogen functional groups attached to an aromatic ring is 1. The van der Waals surface area contributed by atoms with Gasteiger partial charge in [0.05, 0.1) is 5.56 Å². The van der Waals surface area contributed by atoms with Gasteiger partial charge >= 0.3 is 6.18 Å². The molecule has 7 heteroatoms. The van der Waals surface area contributed by atoms with Gasteiger partial charge in [0.25, 0.3) is 0 Å². The molecule has 0 bridgehead atoms. The number of benzene rings is 1. The van der Waals surface area contributed by atoms with Gasteiger partial charge in [-0.25, -0.2) is 0 Å². The van der Waals surface area contributed by atoms with Gasteiger partial charge in [-0.1, -0.05) is 28.0 Å². The van der Waals surface area contributed by atoms with Crippen molar-refractivity contribution in [2.24, 2.45) is 0 Å². The minimum absolute atomic E-state index is 0.0586. The van der Waals surface area contributed by atoms with Gasteiger partial charge in [-0.3, -0.25) is 0 Å². The van der Waals surface area contributed by atoms with E-state index in [0.717, 1.165) is 6.07 Å². The van der Waals surface area contributed by atoms with Gasteiger partial charge in [-0.05, 0) is 24.6 Å². The normalized spacial score (nSPS) is 11.8. The average molecular weight is 335 g/mol. The van der Waals surface area contributed by atoms with Crippen LogP contribution in [0.15, 0.2) is 27.2 Å². The van der Waals surface area contributed by atoms with E-state index in [-0.39, 0.29) is 17.1 Å². The maximum absolute atomic E-state index is 13.0. The minimum Gasteiger partial charge on any atom is -0.381 e. The Balaban J connectivity index is 2.68. The molecule has 0 amide bonds. The Morgan fingerprint density at radius 3 is 2.63 bits per heavy atom. The second-order valence-corrected chi connectivity index (χ2v) is 4.83. The molecule has 0 saturated heterocycles. The average Bonchev–Trinajstić information content (AvgIpc) is 2.69. The van der Waals surface area contributed by atoms with Crippen LogP contribution in [0.2, 0.25) is 0 Å². The molecule has 2 rings (SSSR count). The largest absolute Gasteiger partial charge is 0.417 e. The summed E-state index contributed by atoms with van der Waals surface area (Å²) in [6.07, 6.45) is -4.04. The Kier molecular flexibility index (Phi) is 3.58. The quantitative estimate of drug-likeness (QED) is 0.892. The van der Waals surface area contributed by atoms with E-state index in [4.69, 9.17) is 10.3 Å². The van der Waals surface area contributed by atoms with Crippen LogP contribution in [0.5, 0.6) is 0 Å². The van der Waals surface area contributed by atoms with Crippen molar-refractivity contribution in [1.29, 1.82) is 0 Å². The molecule has 0 spiro atoms. The molecule has 0 saturated carbocycles. The zero-order valence-electron chi connectivity index (χ0n) is 9.88. The fraction of sp³-hybridized carbons (Fsp3) is 0.250. The van der Waals surface area contributed by atoms with E-state index in [1.54, 1.807) is 6.92 Å². The third-order valence-corrected chi connectivity index (χ3v) is 3.20. The van der Waals surface area contributed by atoms with Gasteiger partial charge in [0.15, 0.2) is 11.6 Å². The lowest BCUT2D eigenvalue weighted by Crippen LogP contribution is -2.07. The monoisotopic (exact) mass is 334 g/mol. The molecule has 0 aliphatic heterocycles. The van der Waals surface area contributed by atoms with Crippen molar-refractivity contribution < 1.29 is 17.7 Å². The second-order valence-electron chi connectivity index (χ2n) is 3.92. The van der Waals surface area contributed by atoms with E-state index < -0.39 is 11.7 Å². The highest BCUT2D eigenvalue weighted by atomic mass is 79.9. The van der Waals surface area contributed by atoms with Crippen LogP contribution < -0.4 is 5.73 Å². The lowest BCUT2D eigenvalue weighted by molar-refractivity contribution is -0.137. The lowest BCUT2D eigenvalue weighted by atomic mass is 10.0. The highest BCUT2D eigenvalue weighted by Crippen LogP contribution is 2.40. The minimum atomic E-state index is -4.48. The third kappa shape index (κ3) is 2.60. The van der Waals surface area contributed by atoms with E-state index in [9.17, 15) is 13.2 Å². The van der Waals surface area contributed by atoms with Gasteiger partial charge in [0.2, 0.25) is 0 Å². The topological polar surface area (TPSA) is 52.0 Å². The van der Waals surface area contributed by atoms with Gasteiger partial charge in [0.1, 0.15) is 0 Å². The van der Waals surface area contributed by atoms with E-state index in [0.29, 0.717) is 16.5 Å². The summed E-state index contributed by atoms with van der Waals surface area (Å²) in [4.78, 5) is 0. The second kappa shape index (κ2) is 4.88. The summed E-state index contributed by atoms with van der Waals surface area (Å²) in [5, 5.41) is 3.53. The van der Waals surface area contributed by atoms with E-state index in [1.807, 2.05) is 0 Å². The zero-order valence-corrected chi connectivity index (χ0v) is 11.5. The molecule has 102 valence electrons. The molecule has 0 radical (unpaired) electrons. The van der Waals surface area contributed by atoms with Crippen LogP contribution in [-0.2, 0) is 12.6 Å². The third-order valence-electron chi connectivity index (χ3n) is 2.70. The van der Waals surface area contributed by atoms with Crippen molar-refractivity contribution in [1.82, 2.24) is 5.16 Å². The molecule has 0 atom stereocenters. The van der Waals surface area contributed by atoms with Crippen molar-refractivity contribution in [3.63, 3.8) is 0 Å². The number of hydrogen-bond donors (Lipinski definition) is 1. The van der Waals surface area contributed by atoms with Gasteiger partial charge < -0.3 is 10.3 Å². The molecule has 2 aromatic rings. The van der Waals surface area contributed by atoms with Crippen molar-refractivity contribution in [3.8, 4) is 11.3 Å². The van der Waals surface area contributed by atoms with Crippen molar-refractivity contribution in [3.05, 3.63) is 33.8 Å². The Labute approximate surface area is 115 Å². The molecule has 0 fully saturated rings. The predicted octanol–water partition coefficient (Wildman–Crippen LogP) is 4.27. The van der Waals surface area contributed by atoms with E-state index in [2.05, 4.69) is 21.1 Å². The molecule has 0 aliphatic carbocycles. The van der Waals surface area contributed by atoms with Crippen LogP contribution in [0.1, 0.15) is 18.1 Å². The highest BCUT2D eigenvalue weighted by Gasteiger charge is 2.35. The lowest BCUT2D eigenvalue weighted by Gasteiger charge is -2.12. The summed E-state index contributed by atoms with van der Waals surface area (Å²) in [6.45, 7) is 1.78. The molecule has 1 aromatic heterocycles. The highest BCUT2D eigenvalue weighted by molar-refractivity contribution is 9.10. The molecular formula is C12H10BrF3N2O. The summed E-state index contributed by atoms with van der Waals surface area (Å²) in [7, 11) is 0. The van der Waals surface area contributed by atoms with Crippen molar-refractivity contribution >= 4 is 21.7 Å². The molecule has 1 heterocycles. The molecule has 0 unspecified atom stereocenters. The maximum atomic E-state index is 13.0. The Morgan fingerprint density at radius 2 is 2.05 bits per heavy atom. The van der Waals surface area contributed by atoms with Crippen molar-refractivity contribution in [2.45, 2.75) is 19.5 Å². The number of nitrogens with zero attached hydrogens (tertiary/aromatic N) is 1. The molecular weight excluding hydrogens is 325 g/mol. The first-order valence-corrected chi connectivity index (χ1v) is 6.25. The fourth-order valence-electron chi connectivity index (χ4n) is 1.82. The Bertz CT molecular complexity index is 608. The number of aromatic nitrogens is 1. The SMILES string of the molecule is CCc1c(N)noc1-c1ccc(Br)cc1C(F)(F)F. The first-order valence-electron chi connectivity index (χ1n) is 5.45. The van der Waals surface area contributed by atoms with Crippen molar-refractivity contribution in [2.75, 3.05) is 5.73 Å². The van der Waals surface area contributed by atoms with Crippen LogP contribution in [0, 0.1) is 0 Å². The number of nitrogens with two attached hydrogens (primary N) is 1. The summed E-state index contributed by atoms with van der Waals surface area (Å²) < 4.78 is 44.4. The van der Waals surface area contributed by atoms with Crippen LogP contribution in [-0.4, -0.2) is 5.16 Å². The molecule has 19 heavy (non-hydrogen) atoms. The Morgan fingerprint density at radius 1 is 1.37 bits per heavy atom. The zero-order chi connectivity index (χ0) is 14.2. The number of hydrogen-bond acceptors (Lipinski definition) is 3. The summed E-state index contributed by atoms with van der Waals surface area (Å²) in [6, 6.07) is 3.86. The van der Waals surface area contributed by atoms with Crippen LogP contribution in [0.3, 0.4) is 0 Å². The molecule has 2 N–H and O–H groups in total. The summed E-state index contributed by atoms with van der Waals surface area (Å²) in [5.74, 6) is 0.188. The van der Waals surface area contributed by atoms with E-state index >= 15 is 0 Å². The predicted molar refractivity (Wildman–Crippen MR) is 68.4 cm³/mol. The molecule has 0 aliphatic rings. The Hall–Kier alpha value is -1.50. The summed E-state index contributed by atoms with van der Waals surface area (Å²) in [5.41, 5.74) is 5.22. The van der Waals surface area contributed by atoms with E-state index in [1.165, 1.54) is 12.1 Å². The standard InChI is InChI=1S/C12H10BrF3N2O/c1-2-7-10(19-18-11(7)17)8-4-3-6(13)5-9(8)12(14,15)16/h3-5H,2H2,1H3,(H2,17,18). The molecule has 1 aromatic carbocycles. The number of anilines is 1. The molecule has 3 nitrogen and oxygen atoms in total. The summed E-state index contributed by atoms with van der Waals surface area (Å²) >= 11 is 3.03. The van der Waals surface area contributed by atoms with Gasteiger partial charge in [0, 0.05) is 15.6 Å².